The molecular formula is C29H38O5. The molecule has 0 radical (unpaired) electrons. The summed E-state index contributed by atoms with van der Waals surface area (Å²) >= 11 is 0. The van der Waals surface area contributed by atoms with Crippen LogP contribution in [0.5, 0.6) is 0 Å². The van der Waals surface area contributed by atoms with Crippen LogP contribution in [0.15, 0.2) is 42.0 Å². The number of allylic oxidation sites excluding steroid dienone is 1. The Morgan fingerprint density at radius 2 is 1.59 bits per heavy atom. The second-order valence-corrected chi connectivity index (χ2v) is 12.3. The molecule has 1 N–H and O–H groups in total. The minimum absolute atomic E-state index is 0.0808. The third-order valence-electron chi connectivity index (χ3n) is 11.0. The van der Waals surface area contributed by atoms with E-state index < -0.39 is 17.2 Å². The Bertz CT molecular complexity index is 993. The molecule has 4 aliphatic carbocycles. The molecule has 5 heteroatoms. The summed E-state index contributed by atoms with van der Waals surface area (Å²) in [7, 11) is 0. The van der Waals surface area contributed by atoms with Gasteiger partial charge in [0.2, 0.25) is 0 Å². The zero-order valence-corrected chi connectivity index (χ0v) is 20.6. The van der Waals surface area contributed by atoms with Crippen LogP contribution in [0.2, 0.25) is 0 Å². The van der Waals surface area contributed by atoms with Crippen LogP contribution in [0.4, 0.5) is 0 Å². The molecule has 0 amide bonds. The second kappa shape index (κ2) is 7.17. The van der Waals surface area contributed by atoms with Gasteiger partial charge in [-0.25, -0.2) is 0 Å². The summed E-state index contributed by atoms with van der Waals surface area (Å²) in [5.74, 6) is 0.0114. The summed E-state index contributed by atoms with van der Waals surface area (Å²) in [4.78, 5) is 0. The minimum Gasteiger partial charge on any atom is -0.385 e. The highest BCUT2D eigenvalue weighted by Crippen LogP contribution is 2.73. The molecule has 1 aromatic rings. The third-order valence-corrected chi connectivity index (χ3v) is 11.0. The second-order valence-electron chi connectivity index (χ2n) is 12.3. The molecule has 2 aliphatic heterocycles. The average Bonchev–Trinajstić information content (AvgIpc) is 3.56. The summed E-state index contributed by atoms with van der Waals surface area (Å²) in [6.45, 7) is 7.45. The molecular weight excluding hydrogens is 428 g/mol. The molecule has 1 aromatic carbocycles. The summed E-state index contributed by atoms with van der Waals surface area (Å²) in [5, 5.41) is 13.0. The lowest BCUT2D eigenvalue weighted by Crippen LogP contribution is -2.64. The number of fused-ring (bicyclic) bond motifs is 6. The fourth-order valence-corrected chi connectivity index (χ4v) is 9.55. The Kier molecular flexibility index (Phi) is 4.64. The maximum Gasteiger partial charge on any atom is 0.174 e. The van der Waals surface area contributed by atoms with E-state index in [1.54, 1.807) is 0 Å². The molecule has 3 saturated carbocycles. The van der Waals surface area contributed by atoms with Crippen LogP contribution in [0.3, 0.4) is 0 Å². The van der Waals surface area contributed by atoms with Gasteiger partial charge in [0, 0.05) is 30.6 Å². The fraction of sp³-hybridized carbons (Fsp3) is 0.724. The standard InChI is InChI=1S/C29H38O5/c1-25-12-13-27(31-14-15-32-27)18-21(25)8-9-22-23-10-11-29(33-16-17-34-29)26(23,2)19-28(30,24(22)25)20-6-4-3-5-7-20/h3-8,22-24,30H,9-19H2,1-2H3. The molecule has 2 spiro atoms. The molecule has 7 rings (SSSR count). The summed E-state index contributed by atoms with van der Waals surface area (Å²) in [5.41, 5.74) is 1.23. The molecule has 6 aliphatic rings. The largest absolute Gasteiger partial charge is 0.385 e. The van der Waals surface area contributed by atoms with Crippen molar-refractivity contribution in [2.24, 2.45) is 28.6 Å². The normalized spacial score (nSPS) is 46.2. The lowest BCUT2D eigenvalue weighted by atomic mass is 9.42. The molecule has 6 atom stereocenters. The van der Waals surface area contributed by atoms with Crippen LogP contribution in [0.25, 0.3) is 0 Å². The summed E-state index contributed by atoms with van der Waals surface area (Å²) in [6.07, 6.45) is 8.91. The zero-order chi connectivity index (χ0) is 23.2. The maximum absolute atomic E-state index is 13.0. The highest BCUT2D eigenvalue weighted by Gasteiger charge is 2.72. The van der Waals surface area contributed by atoms with E-state index in [0.717, 1.165) is 44.1 Å². The quantitative estimate of drug-likeness (QED) is 0.595. The average molecular weight is 467 g/mol. The van der Waals surface area contributed by atoms with E-state index in [1.807, 2.05) is 6.07 Å². The Labute approximate surface area is 202 Å². The molecule has 2 heterocycles. The van der Waals surface area contributed by atoms with Gasteiger partial charge in [-0.05, 0) is 48.5 Å². The van der Waals surface area contributed by atoms with Crippen molar-refractivity contribution in [2.75, 3.05) is 26.4 Å². The zero-order valence-electron chi connectivity index (χ0n) is 20.6. The van der Waals surface area contributed by atoms with Gasteiger partial charge < -0.3 is 24.1 Å². The number of aliphatic hydroxyl groups is 1. The van der Waals surface area contributed by atoms with Gasteiger partial charge in [0.15, 0.2) is 11.6 Å². The topological polar surface area (TPSA) is 57.2 Å². The number of ether oxygens (including phenoxy) is 4. The van der Waals surface area contributed by atoms with Crippen LogP contribution in [-0.4, -0.2) is 43.1 Å². The van der Waals surface area contributed by atoms with Gasteiger partial charge in [0.05, 0.1) is 32.0 Å². The minimum atomic E-state index is -0.944. The first-order valence-electron chi connectivity index (χ1n) is 13.4. The van der Waals surface area contributed by atoms with Crippen molar-refractivity contribution in [3.05, 3.63) is 47.5 Å². The lowest BCUT2D eigenvalue weighted by Gasteiger charge is -2.64. The van der Waals surface area contributed by atoms with E-state index in [9.17, 15) is 5.11 Å². The predicted molar refractivity (Wildman–Crippen MR) is 127 cm³/mol. The van der Waals surface area contributed by atoms with Gasteiger partial charge in [0.1, 0.15) is 0 Å². The van der Waals surface area contributed by atoms with E-state index in [0.29, 0.717) is 44.7 Å². The molecule has 0 aromatic heterocycles. The number of hydrogen-bond donors (Lipinski definition) is 1. The van der Waals surface area contributed by atoms with Gasteiger partial charge in [-0.3, -0.25) is 0 Å². The number of benzene rings is 1. The van der Waals surface area contributed by atoms with Crippen LogP contribution < -0.4 is 0 Å². The lowest BCUT2D eigenvalue weighted by molar-refractivity contribution is -0.281. The van der Waals surface area contributed by atoms with Gasteiger partial charge in [-0.2, -0.15) is 0 Å². The monoisotopic (exact) mass is 466 g/mol. The Hall–Kier alpha value is -1.24. The maximum atomic E-state index is 13.0. The predicted octanol–water partition coefficient (Wildman–Crippen LogP) is 4.93. The first-order valence-corrected chi connectivity index (χ1v) is 13.4. The number of rotatable bonds is 1. The van der Waals surface area contributed by atoms with Crippen molar-refractivity contribution >= 4 is 0 Å². The smallest absolute Gasteiger partial charge is 0.174 e. The Balaban J connectivity index is 1.37. The SMILES string of the molecule is CC12CCC3(CC1=CCC1C2C(O)(c2ccccc2)CC2(C)C1CCC21OCCO1)OCCO3. The molecule has 5 fully saturated rings. The number of hydrogen-bond acceptors (Lipinski definition) is 5. The molecule has 6 unspecified atom stereocenters. The molecule has 0 bridgehead atoms. The highest BCUT2D eigenvalue weighted by molar-refractivity contribution is 5.35. The third kappa shape index (κ3) is 2.68. The van der Waals surface area contributed by atoms with E-state index in [1.165, 1.54) is 5.57 Å². The molecule has 2 saturated heterocycles. The van der Waals surface area contributed by atoms with Crippen molar-refractivity contribution in [2.45, 2.75) is 76.0 Å². The van der Waals surface area contributed by atoms with Crippen LogP contribution in [0, 0.1) is 28.6 Å². The van der Waals surface area contributed by atoms with Crippen molar-refractivity contribution in [1.82, 2.24) is 0 Å². The Morgan fingerprint density at radius 3 is 2.32 bits per heavy atom. The first-order chi connectivity index (χ1) is 16.3. The van der Waals surface area contributed by atoms with E-state index in [-0.39, 0.29) is 16.7 Å². The van der Waals surface area contributed by atoms with Crippen molar-refractivity contribution in [1.29, 1.82) is 0 Å². The summed E-state index contributed by atoms with van der Waals surface area (Å²) in [6, 6.07) is 10.5. The van der Waals surface area contributed by atoms with Crippen LogP contribution in [0.1, 0.15) is 64.4 Å². The summed E-state index contributed by atoms with van der Waals surface area (Å²) < 4.78 is 25.1. The van der Waals surface area contributed by atoms with Gasteiger partial charge in [0.25, 0.3) is 0 Å². The Morgan fingerprint density at radius 1 is 0.882 bits per heavy atom. The highest BCUT2D eigenvalue weighted by atomic mass is 16.7. The van der Waals surface area contributed by atoms with Crippen LogP contribution >= 0.6 is 0 Å². The van der Waals surface area contributed by atoms with Gasteiger partial charge in [-0.15, -0.1) is 0 Å². The van der Waals surface area contributed by atoms with Gasteiger partial charge in [-0.1, -0.05) is 55.8 Å². The molecule has 184 valence electrons. The van der Waals surface area contributed by atoms with Gasteiger partial charge >= 0.3 is 0 Å². The first kappa shape index (κ1) is 22.0. The van der Waals surface area contributed by atoms with Crippen molar-refractivity contribution in [3.63, 3.8) is 0 Å². The molecule has 34 heavy (non-hydrogen) atoms. The van der Waals surface area contributed by atoms with E-state index in [2.05, 4.69) is 44.2 Å². The van der Waals surface area contributed by atoms with E-state index in [4.69, 9.17) is 18.9 Å². The molecule has 5 nitrogen and oxygen atoms in total. The van der Waals surface area contributed by atoms with Crippen molar-refractivity contribution < 1.29 is 24.1 Å². The van der Waals surface area contributed by atoms with Crippen molar-refractivity contribution in [3.8, 4) is 0 Å². The fourth-order valence-electron chi connectivity index (χ4n) is 9.55. The van der Waals surface area contributed by atoms with Crippen LogP contribution in [-0.2, 0) is 24.5 Å². The van der Waals surface area contributed by atoms with E-state index >= 15 is 0 Å².